The number of hydrogen-bond donors (Lipinski definition) is 1. The second-order valence-electron chi connectivity index (χ2n) is 6.14. The van der Waals surface area contributed by atoms with Gasteiger partial charge in [-0.15, -0.1) is 6.58 Å². The Bertz CT molecular complexity index is 989. The first kappa shape index (κ1) is 21.0. The van der Waals surface area contributed by atoms with Crippen molar-refractivity contribution in [3.8, 4) is 11.5 Å². The van der Waals surface area contributed by atoms with Gasteiger partial charge < -0.3 is 14.8 Å². The van der Waals surface area contributed by atoms with Crippen molar-refractivity contribution in [3.05, 3.63) is 75.4 Å². The highest BCUT2D eigenvalue weighted by Crippen LogP contribution is 2.37. The first-order valence-electron chi connectivity index (χ1n) is 8.63. The monoisotopic (exact) mass is 476 g/mol. The fourth-order valence-electron chi connectivity index (χ4n) is 2.73. The van der Waals surface area contributed by atoms with E-state index in [1.54, 1.807) is 12.1 Å². The molecule has 0 spiro atoms. The van der Waals surface area contributed by atoms with Crippen molar-refractivity contribution in [1.29, 1.82) is 0 Å². The van der Waals surface area contributed by atoms with E-state index < -0.39 is 11.9 Å². The van der Waals surface area contributed by atoms with Crippen LogP contribution in [-0.2, 0) is 11.4 Å². The summed E-state index contributed by atoms with van der Waals surface area (Å²) in [6.07, 6.45) is 3.02. The minimum atomic E-state index is -0.492. The molecule has 2 aromatic carbocycles. The standard InChI is InChI=1S/C21H18BrClN2O4/c1-3-8-25-20(26)17(24-21(25)27)10-14-9-16(23)19(18(11-14)28-2)29-12-13-4-6-15(22)7-5-13/h3-7,9-11H,1,8,12H2,2H3,(H,24,27)/b17-10+. The molecule has 0 radical (unpaired) electrons. The predicted molar refractivity (Wildman–Crippen MR) is 115 cm³/mol. The summed E-state index contributed by atoms with van der Waals surface area (Å²) in [6.45, 7) is 3.99. The number of carbonyl (C=O) groups excluding carboxylic acids is 2. The van der Waals surface area contributed by atoms with Gasteiger partial charge in [0.15, 0.2) is 11.5 Å². The lowest BCUT2D eigenvalue weighted by atomic mass is 10.1. The van der Waals surface area contributed by atoms with Gasteiger partial charge in [-0.25, -0.2) is 4.79 Å². The SMILES string of the molecule is C=CCN1C(=O)N/C(=C/c2cc(Cl)c(OCc3ccc(Br)cc3)c(OC)c2)C1=O. The van der Waals surface area contributed by atoms with E-state index in [1.807, 2.05) is 24.3 Å². The van der Waals surface area contributed by atoms with Crippen molar-refractivity contribution >= 4 is 45.5 Å². The maximum absolute atomic E-state index is 12.3. The molecule has 8 heteroatoms. The molecule has 1 aliphatic heterocycles. The molecule has 1 heterocycles. The van der Waals surface area contributed by atoms with Crippen LogP contribution in [0.5, 0.6) is 11.5 Å². The number of imide groups is 1. The maximum atomic E-state index is 12.3. The second-order valence-corrected chi connectivity index (χ2v) is 7.46. The molecular formula is C21H18BrClN2O4. The third kappa shape index (κ3) is 4.81. The second kappa shape index (κ2) is 9.15. The van der Waals surface area contributed by atoms with Gasteiger partial charge in [0.2, 0.25) is 0 Å². The minimum Gasteiger partial charge on any atom is -0.493 e. The first-order chi connectivity index (χ1) is 13.9. The third-order valence-electron chi connectivity index (χ3n) is 4.13. The van der Waals surface area contributed by atoms with Gasteiger partial charge in [0.25, 0.3) is 5.91 Å². The maximum Gasteiger partial charge on any atom is 0.329 e. The molecule has 29 heavy (non-hydrogen) atoms. The fourth-order valence-corrected chi connectivity index (χ4v) is 3.27. The zero-order valence-electron chi connectivity index (χ0n) is 15.6. The highest BCUT2D eigenvalue weighted by atomic mass is 79.9. The van der Waals surface area contributed by atoms with Crippen LogP contribution in [0, 0.1) is 0 Å². The highest BCUT2D eigenvalue weighted by Gasteiger charge is 2.32. The van der Waals surface area contributed by atoms with Crippen LogP contribution < -0.4 is 14.8 Å². The van der Waals surface area contributed by atoms with Crippen molar-refractivity contribution in [2.75, 3.05) is 13.7 Å². The number of nitrogens with one attached hydrogen (secondary N) is 1. The summed E-state index contributed by atoms with van der Waals surface area (Å²) < 4.78 is 12.2. The van der Waals surface area contributed by atoms with Gasteiger partial charge in [0, 0.05) is 11.0 Å². The number of ether oxygens (including phenoxy) is 2. The van der Waals surface area contributed by atoms with Gasteiger partial charge in [-0.05, 0) is 41.5 Å². The molecule has 3 amide bonds. The smallest absolute Gasteiger partial charge is 0.329 e. The summed E-state index contributed by atoms with van der Waals surface area (Å²) >= 11 is 9.79. The van der Waals surface area contributed by atoms with Crippen molar-refractivity contribution in [1.82, 2.24) is 10.2 Å². The number of halogens is 2. The van der Waals surface area contributed by atoms with E-state index in [0.29, 0.717) is 28.7 Å². The van der Waals surface area contributed by atoms with E-state index in [4.69, 9.17) is 21.1 Å². The van der Waals surface area contributed by atoms with Gasteiger partial charge in [-0.3, -0.25) is 9.69 Å². The summed E-state index contributed by atoms with van der Waals surface area (Å²) in [4.78, 5) is 25.3. The average molecular weight is 478 g/mol. The molecule has 1 N–H and O–H groups in total. The molecule has 1 saturated heterocycles. The van der Waals surface area contributed by atoms with Crippen molar-refractivity contribution in [2.24, 2.45) is 0 Å². The number of nitrogens with zero attached hydrogens (tertiary/aromatic N) is 1. The lowest BCUT2D eigenvalue weighted by Crippen LogP contribution is -2.30. The molecule has 0 atom stereocenters. The van der Waals surface area contributed by atoms with Crippen LogP contribution in [0.1, 0.15) is 11.1 Å². The molecule has 0 bridgehead atoms. The van der Waals surface area contributed by atoms with E-state index in [9.17, 15) is 9.59 Å². The molecule has 0 saturated carbocycles. The van der Waals surface area contributed by atoms with Crippen LogP contribution in [-0.4, -0.2) is 30.5 Å². The predicted octanol–water partition coefficient (Wildman–Crippen LogP) is 4.77. The summed E-state index contributed by atoms with van der Waals surface area (Å²) in [6, 6.07) is 10.6. The largest absolute Gasteiger partial charge is 0.493 e. The van der Waals surface area contributed by atoms with Crippen LogP contribution in [0.3, 0.4) is 0 Å². The quantitative estimate of drug-likeness (QED) is 0.354. The van der Waals surface area contributed by atoms with Gasteiger partial charge in [0.05, 0.1) is 12.1 Å². The molecule has 150 valence electrons. The zero-order valence-corrected chi connectivity index (χ0v) is 17.9. The van der Waals surface area contributed by atoms with E-state index in [0.717, 1.165) is 14.9 Å². The molecule has 3 rings (SSSR count). The molecule has 6 nitrogen and oxygen atoms in total. The Hall–Kier alpha value is -2.77. The molecular weight excluding hydrogens is 460 g/mol. The summed E-state index contributed by atoms with van der Waals surface area (Å²) in [5, 5.41) is 2.87. The van der Waals surface area contributed by atoms with Crippen molar-refractivity contribution in [2.45, 2.75) is 6.61 Å². The number of amides is 3. The normalized spacial score (nSPS) is 14.9. The average Bonchev–Trinajstić information content (AvgIpc) is 2.96. The van der Waals surface area contributed by atoms with E-state index in [1.165, 1.54) is 19.3 Å². The molecule has 2 aromatic rings. The topological polar surface area (TPSA) is 67.9 Å². The fraction of sp³-hybridized carbons (Fsp3) is 0.143. The van der Waals surface area contributed by atoms with Gasteiger partial charge >= 0.3 is 6.03 Å². The molecule has 0 aliphatic carbocycles. The van der Waals surface area contributed by atoms with Crippen LogP contribution in [0.25, 0.3) is 6.08 Å². The van der Waals surface area contributed by atoms with Crippen molar-refractivity contribution in [3.63, 3.8) is 0 Å². The van der Waals surface area contributed by atoms with Crippen LogP contribution in [0.4, 0.5) is 4.79 Å². The van der Waals surface area contributed by atoms with Crippen LogP contribution >= 0.6 is 27.5 Å². The van der Waals surface area contributed by atoms with Crippen LogP contribution in [0.15, 0.2) is 59.2 Å². The molecule has 0 unspecified atom stereocenters. The Kier molecular flexibility index (Phi) is 6.61. The lowest BCUT2D eigenvalue weighted by Gasteiger charge is -2.13. The first-order valence-corrected chi connectivity index (χ1v) is 9.80. The summed E-state index contributed by atoms with van der Waals surface area (Å²) in [5.74, 6) is 0.385. The van der Waals surface area contributed by atoms with Crippen LogP contribution in [0.2, 0.25) is 5.02 Å². The summed E-state index contributed by atoms with van der Waals surface area (Å²) in [7, 11) is 1.50. The molecule has 0 aromatic heterocycles. The van der Waals surface area contributed by atoms with Crippen molar-refractivity contribution < 1.29 is 19.1 Å². The summed E-state index contributed by atoms with van der Waals surface area (Å²) in [5.41, 5.74) is 1.71. The Morgan fingerprint density at radius 3 is 2.62 bits per heavy atom. The van der Waals surface area contributed by atoms with Gasteiger partial charge in [-0.1, -0.05) is 45.7 Å². The Morgan fingerprint density at radius 1 is 1.24 bits per heavy atom. The number of hydrogen-bond acceptors (Lipinski definition) is 4. The van der Waals surface area contributed by atoms with Gasteiger partial charge in [-0.2, -0.15) is 0 Å². The number of urea groups is 1. The Morgan fingerprint density at radius 2 is 1.97 bits per heavy atom. The van der Waals surface area contributed by atoms with E-state index >= 15 is 0 Å². The minimum absolute atomic E-state index is 0.134. The zero-order chi connectivity index (χ0) is 21.0. The number of rotatable bonds is 7. The third-order valence-corrected chi connectivity index (χ3v) is 4.94. The Labute approximate surface area is 181 Å². The Balaban J connectivity index is 1.83. The van der Waals surface area contributed by atoms with E-state index in [2.05, 4.69) is 27.8 Å². The number of carbonyl (C=O) groups is 2. The molecule has 1 fully saturated rings. The molecule has 1 aliphatic rings. The highest BCUT2D eigenvalue weighted by molar-refractivity contribution is 9.10. The van der Waals surface area contributed by atoms with E-state index in [-0.39, 0.29) is 12.2 Å². The number of methoxy groups -OCH3 is 1. The lowest BCUT2D eigenvalue weighted by molar-refractivity contribution is -0.122. The van der Waals surface area contributed by atoms with Gasteiger partial charge in [0.1, 0.15) is 12.3 Å². The number of benzene rings is 2.